The van der Waals surface area contributed by atoms with Gasteiger partial charge in [-0.25, -0.2) is 14.2 Å². The molecule has 0 aromatic carbocycles. The van der Waals surface area contributed by atoms with E-state index in [0.717, 1.165) is 13.0 Å². The van der Waals surface area contributed by atoms with Crippen molar-refractivity contribution in [2.24, 2.45) is 0 Å². The summed E-state index contributed by atoms with van der Waals surface area (Å²) in [7, 11) is 0. The summed E-state index contributed by atoms with van der Waals surface area (Å²) in [6.07, 6.45) is 0.563. The van der Waals surface area contributed by atoms with E-state index < -0.39 is 12.1 Å². The number of thiazole rings is 1. The lowest BCUT2D eigenvalue weighted by atomic mass is 10.1. The molecule has 2 rings (SSSR count). The molecule has 0 amide bonds. The fourth-order valence-electron chi connectivity index (χ4n) is 1.61. The molecule has 2 heterocycles. The Labute approximate surface area is 90.4 Å². The van der Waals surface area contributed by atoms with Crippen LogP contribution in [0.3, 0.4) is 0 Å². The van der Waals surface area contributed by atoms with E-state index in [0.29, 0.717) is 18.1 Å². The van der Waals surface area contributed by atoms with E-state index in [1.54, 1.807) is 0 Å². The van der Waals surface area contributed by atoms with Gasteiger partial charge < -0.3 is 10.0 Å². The van der Waals surface area contributed by atoms with Crippen LogP contribution >= 0.6 is 11.3 Å². The first-order valence-electron chi connectivity index (χ1n) is 4.74. The van der Waals surface area contributed by atoms with E-state index >= 15 is 0 Å². The summed E-state index contributed by atoms with van der Waals surface area (Å²) in [4.78, 5) is 16.4. The predicted octanol–water partition coefficient (Wildman–Crippen LogP) is 1.78. The maximum absolute atomic E-state index is 13.1. The van der Waals surface area contributed by atoms with Crippen molar-refractivity contribution in [3.05, 3.63) is 11.1 Å². The summed E-state index contributed by atoms with van der Waals surface area (Å²) >= 11 is 1.25. The summed E-state index contributed by atoms with van der Waals surface area (Å²) in [5.74, 6) is -1.04. The summed E-state index contributed by atoms with van der Waals surface area (Å²) in [5, 5.41) is 10.8. The number of carboxylic acid groups (broad SMARTS) is 1. The highest BCUT2D eigenvalue weighted by molar-refractivity contribution is 7.13. The molecule has 1 saturated heterocycles. The summed E-state index contributed by atoms with van der Waals surface area (Å²) in [6.45, 7) is 1.08. The van der Waals surface area contributed by atoms with Crippen molar-refractivity contribution in [1.29, 1.82) is 0 Å². The van der Waals surface area contributed by atoms with Crippen molar-refractivity contribution in [3.63, 3.8) is 0 Å². The molecule has 1 atom stereocenters. The number of alkyl halides is 1. The number of hydrogen-bond donors (Lipinski definition) is 1. The van der Waals surface area contributed by atoms with Crippen LogP contribution in [0.15, 0.2) is 5.38 Å². The number of nitrogens with zero attached hydrogens (tertiary/aromatic N) is 2. The number of anilines is 1. The van der Waals surface area contributed by atoms with Gasteiger partial charge in [0.15, 0.2) is 10.8 Å². The molecule has 0 radical (unpaired) electrons. The van der Waals surface area contributed by atoms with Crippen LogP contribution in [0.5, 0.6) is 0 Å². The average molecular weight is 230 g/mol. The molecular weight excluding hydrogens is 219 g/mol. The molecule has 1 aliphatic heterocycles. The molecule has 1 unspecified atom stereocenters. The second kappa shape index (κ2) is 4.14. The minimum atomic E-state index is -1.04. The van der Waals surface area contributed by atoms with E-state index in [1.165, 1.54) is 16.7 Å². The largest absolute Gasteiger partial charge is 0.476 e. The minimum Gasteiger partial charge on any atom is -0.476 e. The summed E-state index contributed by atoms with van der Waals surface area (Å²) in [5.41, 5.74) is 0.0379. The first-order valence-corrected chi connectivity index (χ1v) is 5.62. The number of aromatic nitrogens is 1. The van der Waals surface area contributed by atoms with Gasteiger partial charge in [-0.15, -0.1) is 11.3 Å². The van der Waals surface area contributed by atoms with Crippen LogP contribution in [0.25, 0.3) is 0 Å². The quantitative estimate of drug-likeness (QED) is 0.841. The molecule has 1 aromatic rings. The van der Waals surface area contributed by atoms with Gasteiger partial charge in [0.05, 0.1) is 6.54 Å². The Balaban J connectivity index is 2.11. The Bertz CT molecular complexity index is 369. The standard InChI is InChI=1S/C9H11FN2O2S/c10-6-2-1-3-12(4-6)9-11-7(5-15-9)8(13)14/h5-6H,1-4H2,(H,13,14). The average Bonchev–Trinajstić information content (AvgIpc) is 2.66. The van der Waals surface area contributed by atoms with Crippen molar-refractivity contribution < 1.29 is 14.3 Å². The van der Waals surface area contributed by atoms with E-state index in [2.05, 4.69) is 4.98 Å². The Morgan fingerprint density at radius 3 is 3.13 bits per heavy atom. The third kappa shape index (κ3) is 2.26. The van der Waals surface area contributed by atoms with E-state index in [4.69, 9.17) is 5.11 Å². The second-order valence-corrected chi connectivity index (χ2v) is 4.34. The van der Waals surface area contributed by atoms with Crippen LogP contribution in [-0.4, -0.2) is 35.3 Å². The highest BCUT2D eigenvalue weighted by Crippen LogP contribution is 2.24. The van der Waals surface area contributed by atoms with E-state index in [-0.39, 0.29) is 5.69 Å². The molecule has 15 heavy (non-hydrogen) atoms. The van der Waals surface area contributed by atoms with Gasteiger partial charge in [0.2, 0.25) is 0 Å². The summed E-state index contributed by atoms with van der Waals surface area (Å²) in [6, 6.07) is 0. The van der Waals surface area contributed by atoms with Crippen molar-refractivity contribution in [1.82, 2.24) is 4.98 Å². The fourth-order valence-corrected chi connectivity index (χ4v) is 2.44. The first-order chi connectivity index (χ1) is 7.16. The number of piperidine rings is 1. The molecule has 1 fully saturated rings. The zero-order chi connectivity index (χ0) is 10.8. The maximum Gasteiger partial charge on any atom is 0.355 e. The van der Waals surface area contributed by atoms with Crippen LogP contribution in [0, 0.1) is 0 Å². The van der Waals surface area contributed by atoms with Gasteiger partial charge in [0.25, 0.3) is 0 Å². The summed E-state index contributed by atoms with van der Waals surface area (Å²) < 4.78 is 13.1. The minimum absolute atomic E-state index is 0.0379. The fraction of sp³-hybridized carbons (Fsp3) is 0.556. The Kier molecular flexibility index (Phi) is 2.86. The molecule has 6 heteroatoms. The molecule has 1 N–H and O–H groups in total. The number of aromatic carboxylic acids is 1. The molecule has 4 nitrogen and oxygen atoms in total. The molecule has 82 valence electrons. The zero-order valence-corrected chi connectivity index (χ0v) is 8.84. The van der Waals surface area contributed by atoms with Gasteiger partial charge in [0, 0.05) is 11.9 Å². The van der Waals surface area contributed by atoms with Crippen molar-refractivity contribution in [3.8, 4) is 0 Å². The number of halogens is 1. The molecule has 1 aromatic heterocycles. The third-order valence-electron chi connectivity index (χ3n) is 2.35. The first kappa shape index (κ1) is 10.4. The lowest BCUT2D eigenvalue weighted by molar-refractivity contribution is 0.0691. The van der Waals surface area contributed by atoms with Gasteiger partial charge >= 0.3 is 5.97 Å². The second-order valence-electron chi connectivity index (χ2n) is 3.51. The highest BCUT2D eigenvalue weighted by Gasteiger charge is 2.22. The number of carboxylic acids is 1. The smallest absolute Gasteiger partial charge is 0.355 e. The topological polar surface area (TPSA) is 53.4 Å². The van der Waals surface area contributed by atoms with Crippen LogP contribution in [0.4, 0.5) is 9.52 Å². The molecule has 0 saturated carbocycles. The molecular formula is C9H11FN2O2S. The molecule has 0 bridgehead atoms. The number of rotatable bonds is 2. The molecule has 0 aliphatic carbocycles. The predicted molar refractivity (Wildman–Crippen MR) is 55.4 cm³/mol. The highest BCUT2D eigenvalue weighted by atomic mass is 32.1. The van der Waals surface area contributed by atoms with Gasteiger partial charge in [-0.3, -0.25) is 0 Å². The lowest BCUT2D eigenvalue weighted by Gasteiger charge is -2.28. The number of hydrogen-bond acceptors (Lipinski definition) is 4. The van der Waals surface area contributed by atoms with Crippen molar-refractivity contribution in [2.75, 3.05) is 18.0 Å². The SMILES string of the molecule is O=C(O)c1csc(N2CCCC(F)C2)n1. The Hall–Kier alpha value is -1.17. The lowest BCUT2D eigenvalue weighted by Crippen LogP contribution is -2.36. The third-order valence-corrected chi connectivity index (χ3v) is 3.25. The monoisotopic (exact) mass is 230 g/mol. The zero-order valence-electron chi connectivity index (χ0n) is 8.02. The van der Waals surface area contributed by atoms with Crippen LogP contribution in [-0.2, 0) is 0 Å². The Morgan fingerprint density at radius 1 is 1.73 bits per heavy atom. The Morgan fingerprint density at radius 2 is 2.53 bits per heavy atom. The maximum atomic E-state index is 13.1. The van der Waals surface area contributed by atoms with Gasteiger partial charge in [-0.2, -0.15) is 0 Å². The van der Waals surface area contributed by atoms with Gasteiger partial charge in [0.1, 0.15) is 6.17 Å². The van der Waals surface area contributed by atoms with Crippen LogP contribution < -0.4 is 4.90 Å². The molecule has 1 aliphatic rings. The van der Waals surface area contributed by atoms with Crippen molar-refractivity contribution >= 4 is 22.4 Å². The normalized spacial score (nSPS) is 21.7. The van der Waals surface area contributed by atoms with E-state index in [1.807, 2.05) is 4.90 Å². The molecule has 0 spiro atoms. The van der Waals surface area contributed by atoms with Crippen molar-refractivity contribution in [2.45, 2.75) is 19.0 Å². The number of carbonyl (C=O) groups is 1. The van der Waals surface area contributed by atoms with Gasteiger partial charge in [-0.05, 0) is 12.8 Å². The van der Waals surface area contributed by atoms with Crippen LogP contribution in [0.1, 0.15) is 23.3 Å². The van der Waals surface area contributed by atoms with E-state index in [9.17, 15) is 9.18 Å². The van der Waals surface area contributed by atoms with Crippen LogP contribution in [0.2, 0.25) is 0 Å². The van der Waals surface area contributed by atoms with Gasteiger partial charge in [-0.1, -0.05) is 0 Å².